The van der Waals surface area contributed by atoms with Crippen LogP contribution in [-0.4, -0.2) is 29.6 Å². The number of rotatable bonds is 4. The van der Waals surface area contributed by atoms with E-state index in [9.17, 15) is 24.3 Å². The molecule has 1 aromatic carbocycles. The van der Waals surface area contributed by atoms with Gasteiger partial charge in [-0.25, -0.2) is 0 Å². The molecule has 2 atom stereocenters. The van der Waals surface area contributed by atoms with Crippen LogP contribution in [0.15, 0.2) is 24.3 Å². The molecule has 2 amide bonds. The lowest BCUT2D eigenvalue weighted by atomic mass is 9.95. The molecule has 0 spiro atoms. The fourth-order valence-corrected chi connectivity index (χ4v) is 1.93. The molecule has 0 aromatic heterocycles. The van der Waals surface area contributed by atoms with Gasteiger partial charge in [-0.3, -0.25) is 14.4 Å². The highest BCUT2D eigenvalue weighted by molar-refractivity contribution is 6.44. The van der Waals surface area contributed by atoms with E-state index in [0.29, 0.717) is 11.3 Å². The van der Waals surface area contributed by atoms with Crippen LogP contribution in [-0.2, 0) is 19.2 Å². The standard InChI is InChI=1S/C13H12N2O5/c1-6(13(19)20)14-12(18)10(16)9-7-4-2-3-5-8(7)15-11(9)17/h2-6,9H,1H3,(H,14,18)(H,15,17)(H,19,20)/p-1/t6-,9+/m0/s1. The number of hydrogen-bond acceptors (Lipinski definition) is 5. The second kappa shape index (κ2) is 5.12. The molecule has 0 saturated heterocycles. The summed E-state index contributed by atoms with van der Waals surface area (Å²) in [6.45, 7) is 1.17. The minimum atomic E-state index is -1.51. The minimum absolute atomic E-state index is 0.402. The second-order valence-electron chi connectivity index (χ2n) is 4.39. The average Bonchev–Trinajstić information content (AvgIpc) is 2.73. The molecule has 2 rings (SSSR count). The average molecular weight is 275 g/mol. The van der Waals surface area contributed by atoms with Crippen LogP contribution in [0, 0.1) is 0 Å². The van der Waals surface area contributed by atoms with Gasteiger partial charge in [-0.05, 0) is 18.6 Å². The number of anilines is 1. The Morgan fingerprint density at radius 1 is 1.30 bits per heavy atom. The molecule has 0 bridgehead atoms. The molecule has 0 fully saturated rings. The summed E-state index contributed by atoms with van der Waals surface area (Å²) in [5.74, 6) is -5.49. The highest BCUT2D eigenvalue weighted by Gasteiger charge is 2.39. The quantitative estimate of drug-likeness (QED) is 0.515. The van der Waals surface area contributed by atoms with Crippen molar-refractivity contribution in [3.63, 3.8) is 0 Å². The van der Waals surface area contributed by atoms with E-state index in [0.717, 1.165) is 0 Å². The van der Waals surface area contributed by atoms with E-state index in [1.807, 2.05) is 5.32 Å². The number of amides is 2. The molecule has 20 heavy (non-hydrogen) atoms. The third-order valence-electron chi connectivity index (χ3n) is 2.98. The van der Waals surface area contributed by atoms with Crippen molar-refractivity contribution < 1.29 is 24.3 Å². The number of Topliss-reactive ketones (excluding diaryl/α,β-unsaturated/α-hetero) is 1. The Bertz CT molecular complexity index is 611. The summed E-state index contributed by atoms with van der Waals surface area (Å²) in [6, 6.07) is 5.19. The Morgan fingerprint density at radius 3 is 2.60 bits per heavy atom. The first kappa shape index (κ1) is 13.7. The van der Waals surface area contributed by atoms with E-state index in [-0.39, 0.29) is 0 Å². The Balaban J connectivity index is 2.19. The number of carbonyl (C=O) groups excluding carboxylic acids is 4. The second-order valence-corrected chi connectivity index (χ2v) is 4.39. The molecule has 0 aliphatic carbocycles. The molecular formula is C13H11N2O5-. The highest BCUT2D eigenvalue weighted by Crippen LogP contribution is 2.32. The van der Waals surface area contributed by atoms with Gasteiger partial charge in [0.1, 0.15) is 5.92 Å². The zero-order chi connectivity index (χ0) is 14.9. The van der Waals surface area contributed by atoms with Crippen LogP contribution >= 0.6 is 0 Å². The first-order valence-corrected chi connectivity index (χ1v) is 5.87. The summed E-state index contributed by atoms with van der Waals surface area (Å²) in [5, 5.41) is 15.0. The van der Waals surface area contributed by atoms with Crippen molar-refractivity contribution in [1.29, 1.82) is 0 Å². The van der Waals surface area contributed by atoms with Crippen LogP contribution < -0.4 is 15.7 Å². The summed E-state index contributed by atoms with van der Waals surface area (Å²) < 4.78 is 0. The van der Waals surface area contributed by atoms with E-state index in [2.05, 4.69) is 5.32 Å². The number of carbonyl (C=O) groups is 4. The first-order valence-electron chi connectivity index (χ1n) is 5.87. The van der Waals surface area contributed by atoms with Gasteiger partial charge in [-0.2, -0.15) is 0 Å². The molecule has 0 unspecified atom stereocenters. The number of fused-ring (bicyclic) bond motifs is 1. The zero-order valence-electron chi connectivity index (χ0n) is 10.5. The van der Waals surface area contributed by atoms with Gasteiger partial charge < -0.3 is 20.5 Å². The molecule has 0 saturated carbocycles. The van der Waals surface area contributed by atoms with Crippen molar-refractivity contribution in [3.8, 4) is 0 Å². The topological polar surface area (TPSA) is 115 Å². The number of aliphatic carboxylic acids is 1. The Labute approximate surface area is 114 Å². The zero-order valence-corrected chi connectivity index (χ0v) is 10.5. The smallest absolute Gasteiger partial charge is 0.289 e. The number of hydrogen-bond donors (Lipinski definition) is 2. The fraction of sp³-hybridized carbons (Fsp3) is 0.231. The summed E-state index contributed by atoms with van der Waals surface area (Å²) in [5.41, 5.74) is 0.871. The number of ketones is 1. The Hall–Kier alpha value is -2.70. The van der Waals surface area contributed by atoms with Crippen molar-refractivity contribution in [2.24, 2.45) is 0 Å². The van der Waals surface area contributed by atoms with Crippen LogP contribution in [0.3, 0.4) is 0 Å². The third kappa shape index (κ3) is 2.37. The molecule has 2 N–H and O–H groups in total. The van der Waals surface area contributed by atoms with Gasteiger partial charge in [-0.1, -0.05) is 18.2 Å². The lowest BCUT2D eigenvalue weighted by molar-refractivity contribution is -0.307. The van der Waals surface area contributed by atoms with Gasteiger partial charge in [0.25, 0.3) is 5.91 Å². The SMILES string of the molecule is C[C@H](NC(=O)C(=O)[C@@H]1C(=O)Nc2ccccc21)C(=O)[O-]. The lowest BCUT2D eigenvalue weighted by Crippen LogP contribution is -2.49. The van der Waals surface area contributed by atoms with Crippen LogP contribution in [0.2, 0.25) is 0 Å². The molecule has 104 valence electrons. The molecule has 7 nitrogen and oxygen atoms in total. The number of nitrogens with one attached hydrogen (secondary N) is 2. The van der Waals surface area contributed by atoms with E-state index < -0.39 is 35.5 Å². The van der Waals surface area contributed by atoms with Gasteiger partial charge >= 0.3 is 0 Å². The van der Waals surface area contributed by atoms with Gasteiger partial charge in [-0.15, -0.1) is 0 Å². The predicted molar refractivity (Wildman–Crippen MR) is 65.4 cm³/mol. The first-order chi connectivity index (χ1) is 9.41. The van der Waals surface area contributed by atoms with Crippen LogP contribution in [0.4, 0.5) is 5.69 Å². The third-order valence-corrected chi connectivity index (χ3v) is 2.98. The summed E-state index contributed by atoms with van der Waals surface area (Å²) in [7, 11) is 0. The van der Waals surface area contributed by atoms with Gasteiger partial charge in [0.2, 0.25) is 11.7 Å². The molecule has 1 aliphatic heterocycles. The van der Waals surface area contributed by atoms with Crippen molar-refractivity contribution in [2.75, 3.05) is 5.32 Å². The number of para-hydroxylation sites is 1. The predicted octanol–water partition coefficient (Wildman–Crippen LogP) is -1.45. The number of benzene rings is 1. The highest BCUT2D eigenvalue weighted by atomic mass is 16.4. The molecular weight excluding hydrogens is 264 g/mol. The Morgan fingerprint density at radius 2 is 1.95 bits per heavy atom. The van der Waals surface area contributed by atoms with Gasteiger partial charge in [0.05, 0.1) is 12.0 Å². The van der Waals surface area contributed by atoms with Crippen molar-refractivity contribution in [1.82, 2.24) is 5.32 Å². The largest absolute Gasteiger partial charge is 0.548 e. The van der Waals surface area contributed by atoms with Gasteiger partial charge in [0.15, 0.2) is 0 Å². The maximum absolute atomic E-state index is 12.0. The van der Waals surface area contributed by atoms with E-state index in [4.69, 9.17) is 0 Å². The minimum Gasteiger partial charge on any atom is -0.548 e. The van der Waals surface area contributed by atoms with E-state index in [1.165, 1.54) is 6.92 Å². The number of carboxylic acids is 1. The van der Waals surface area contributed by atoms with Crippen molar-refractivity contribution in [3.05, 3.63) is 29.8 Å². The summed E-state index contributed by atoms with van der Waals surface area (Å²) in [6.07, 6.45) is 0. The van der Waals surface area contributed by atoms with E-state index >= 15 is 0 Å². The fourth-order valence-electron chi connectivity index (χ4n) is 1.93. The number of carboxylic acid groups (broad SMARTS) is 1. The molecule has 1 aliphatic rings. The van der Waals surface area contributed by atoms with Crippen molar-refractivity contribution in [2.45, 2.75) is 18.9 Å². The maximum atomic E-state index is 12.0. The molecule has 0 radical (unpaired) electrons. The Kier molecular flexibility index (Phi) is 3.51. The van der Waals surface area contributed by atoms with Crippen LogP contribution in [0.25, 0.3) is 0 Å². The molecule has 7 heteroatoms. The lowest BCUT2D eigenvalue weighted by Gasteiger charge is -2.15. The molecule has 1 aromatic rings. The van der Waals surface area contributed by atoms with E-state index in [1.54, 1.807) is 24.3 Å². The maximum Gasteiger partial charge on any atom is 0.289 e. The molecule has 1 heterocycles. The normalized spacial score (nSPS) is 17.9. The van der Waals surface area contributed by atoms with Gasteiger partial charge in [0, 0.05) is 5.69 Å². The van der Waals surface area contributed by atoms with Crippen LogP contribution in [0.5, 0.6) is 0 Å². The van der Waals surface area contributed by atoms with Crippen LogP contribution in [0.1, 0.15) is 18.4 Å². The summed E-state index contributed by atoms with van der Waals surface area (Å²) in [4.78, 5) is 45.9. The van der Waals surface area contributed by atoms with Crippen molar-refractivity contribution >= 4 is 29.3 Å². The summed E-state index contributed by atoms with van der Waals surface area (Å²) >= 11 is 0. The monoisotopic (exact) mass is 275 g/mol.